The van der Waals surface area contributed by atoms with Crippen LogP contribution in [0.5, 0.6) is 0 Å². The standard InChI is InChI=1S/C19H29NO/c1-18(2)9-10-19(3,4)15-12-13(7-8-14(15)18)17(20)16-6-5-11-21-16/h7-8,12,16-17H,5-6,9-11,20H2,1-4H3. The van der Waals surface area contributed by atoms with Gasteiger partial charge in [-0.3, -0.25) is 0 Å². The fourth-order valence-electron chi connectivity index (χ4n) is 3.91. The Balaban J connectivity index is 1.99. The van der Waals surface area contributed by atoms with Crippen molar-refractivity contribution in [2.45, 2.75) is 76.4 Å². The van der Waals surface area contributed by atoms with Crippen LogP contribution in [0.2, 0.25) is 0 Å². The zero-order chi connectivity index (χ0) is 15.3. The van der Waals surface area contributed by atoms with Gasteiger partial charge in [0.05, 0.1) is 12.1 Å². The van der Waals surface area contributed by atoms with Crippen LogP contribution in [0, 0.1) is 0 Å². The van der Waals surface area contributed by atoms with Crippen molar-refractivity contribution < 1.29 is 4.74 Å². The first-order valence-electron chi connectivity index (χ1n) is 8.33. The molecule has 2 nitrogen and oxygen atoms in total. The molecule has 3 rings (SSSR count). The smallest absolute Gasteiger partial charge is 0.0768 e. The predicted octanol–water partition coefficient (Wildman–Crippen LogP) is 4.21. The SMILES string of the molecule is CC1(C)CCC(C)(C)c2cc(C(N)C3CCCO3)ccc21. The molecular weight excluding hydrogens is 258 g/mol. The Morgan fingerprint density at radius 1 is 1.10 bits per heavy atom. The van der Waals surface area contributed by atoms with Crippen molar-refractivity contribution in [3.8, 4) is 0 Å². The van der Waals surface area contributed by atoms with Gasteiger partial charge in [0, 0.05) is 6.61 Å². The van der Waals surface area contributed by atoms with Gasteiger partial charge in [-0.15, -0.1) is 0 Å². The van der Waals surface area contributed by atoms with Crippen molar-refractivity contribution in [1.29, 1.82) is 0 Å². The molecule has 0 spiro atoms. The molecule has 0 radical (unpaired) electrons. The Bertz CT molecular complexity index is 526. The highest BCUT2D eigenvalue weighted by atomic mass is 16.5. The molecule has 1 aliphatic carbocycles. The van der Waals surface area contributed by atoms with Crippen LogP contribution in [0.25, 0.3) is 0 Å². The summed E-state index contributed by atoms with van der Waals surface area (Å²) < 4.78 is 5.78. The molecule has 1 aromatic carbocycles. The molecule has 2 unspecified atom stereocenters. The molecule has 2 aliphatic rings. The van der Waals surface area contributed by atoms with E-state index < -0.39 is 0 Å². The molecule has 1 saturated heterocycles. The maximum Gasteiger partial charge on any atom is 0.0768 e. The average Bonchev–Trinajstić information content (AvgIpc) is 2.97. The summed E-state index contributed by atoms with van der Waals surface area (Å²) in [7, 11) is 0. The highest BCUT2D eigenvalue weighted by Crippen LogP contribution is 2.46. The summed E-state index contributed by atoms with van der Waals surface area (Å²) in [4.78, 5) is 0. The molecule has 1 aliphatic heterocycles. The first-order chi connectivity index (χ1) is 9.81. The lowest BCUT2D eigenvalue weighted by Crippen LogP contribution is -2.34. The van der Waals surface area contributed by atoms with E-state index in [9.17, 15) is 0 Å². The van der Waals surface area contributed by atoms with Crippen molar-refractivity contribution >= 4 is 0 Å². The molecule has 2 heteroatoms. The molecule has 0 bridgehead atoms. The van der Waals surface area contributed by atoms with E-state index in [2.05, 4.69) is 45.9 Å². The third-order valence-electron chi connectivity index (χ3n) is 5.63. The zero-order valence-electron chi connectivity index (χ0n) is 13.9. The van der Waals surface area contributed by atoms with E-state index in [0.29, 0.717) is 0 Å². The number of ether oxygens (including phenoxy) is 1. The second-order valence-corrected chi connectivity index (χ2v) is 8.15. The summed E-state index contributed by atoms with van der Waals surface area (Å²) in [6.07, 6.45) is 4.92. The van der Waals surface area contributed by atoms with E-state index in [4.69, 9.17) is 10.5 Å². The maximum absolute atomic E-state index is 6.46. The van der Waals surface area contributed by atoms with E-state index in [-0.39, 0.29) is 23.0 Å². The van der Waals surface area contributed by atoms with E-state index in [1.54, 1.807) is 0 Å². The van der Waals surface area contributed by atoms with Gasteiger partial charge in [0.15, 0.2) is 0 Å². The Morgan fingerprint density at radius 2 is 1.76 bits per heavy atom. The fraction of sp³-hybridized carbons (Fsp3) is 0.684. The fourth-order valence-corrected chi connectivity index (χ4v) is 3.91. The number of fused-ring (bicyclic) bond motifs is 1. The van der Waals surface area contributed by atoms with Gasteiger partial charge >= 0.3 is 0 Å². The molecule has 1 heterocycles. The zero-order valence-corrected chi connectivity index (χ0v) is 13.9. The number of nitrogens with two attached hydrogens (primary N) is 1. The molecule has 21 heavy (non-hydrogen) atoms. The lowest BCUT2D eigenvalue weighted by molar-refractivity contribution is 0.0899. The predicted molar refractivity (Wildman–Crippen MR) is 87.6 cm³/mol. The number of hydrogen-bond donors (Lipinski definition) is 1. The van der Waals surface area contributed by atoms with Gasteiger partial charge in [0.2, 0.25) is 0 Å². The van der Waals surface area contributed by atoms with Gasteiger partial charge in [0.1, 0.15) is 0 Å². The Hall–Kier alpha value is -0.860. The molecule has 1 fully saturated rings. The molecule has 2 atom stereocenters. The number of rotatable bonds is 2. The quantitative estimate of drug-likeness (QED) is 0.884. The van der Waals surface area contributed by atoms with Crippen LogP contribution < -0.4 is 5.73 Å². The first-order valence-corrected chi connectivity index (χ1v) is 8.33. The molecule has 0 amide bonds. The topological polar surface area (TPSA) is 35.2 Å². The van der Waals surface area contributed by atoms with Crippen LogP contribution in [0.3, 0.4) is 0 Å². The van der Waals surface area contributed by atoms with Crippen LogP contribution >= 0.6 is 0 Å². The largest absolute Gasteiger partial charge is 0.376 e. The minimum Gasteiger partial charge on any atom is -0.376 e. The van der Waals surface area contributed by atoms with E-state index >= 15 is 0 Å². The Kier molecular flexibility index (Phi) is 3.66. The summed E-state index contributed by atoms with van der Waals surface area (Å²) >= 11 is 0. The molecule has 2 N–H and O–H groups in total. The minimum atomic E-state index is 0.0126. The van der Waals surface area contributed by atoms with Crippen LogP contribution in [0.4, 0.5) is 0 Å². The van der Waals surface area contributed by atoms with Crippen LogP contribution in [0.15, 0.2) is 18.2 Å². The van der Waals surface area contributed by atoms with Gasteiger partial charge in [0.25, 0.3) is 0 Å². The first kappa shape index (κ1) is 15.1. The van der Waals surface area contributed by atoms with Crippen LogP contribution in [-0.4, -0.2) is 12.7 Å². The van der Waals surface area contributed by atoms with E-state index in [1.165, 1.54) is 29.5 Å². The molecule has 0 saturated carbocycles. The summed E-state index contributed by atoms with van der Waals surface area (Å²) in [6.45, 7) is 10.3. The van der Waals surface area contributed by atoms with Gasteiger partial charge in [-0.2, -0.15) is 0 Å². The second kappa shape index (κ2) is 5.10. The second-order valence-electron chi connectivity index (χ2n) is 8.15. The van der Waals surface area contributed by atoms with Crippen LogP contribution in [0.1, 0.15) is 76.1 Å². The Morgan fingerprint density at radius 3 is 2.38 bits per heavy atom. The molecule has 0 aromatic heterocycles. The lowest BCUT2D eigenvalue weighted by atomic mass is 9.63. The summed E-state index contributed by atoms with van der Waals surface area (Å²) in [6, 6.07) is 6.93. The van der Waals surface area contributed by atoms with Gasteiger partial charge in [-0.05, 0) is 53.2 Å². The van der Waals surface area contributed by atoms with Crippen molar-refractivity contribution in [2.24, 2.45) is 5.73 Å². The van der Waals surface area contributed by atoms with E-state index in [0.717, 1.165) is 19.4 Å². The summed E-state index contributed by atoms with van der Waals surface area (Å²) in [5.74, 6) is 0. The van der Waals surface area contributed by atoms with Crippen molar-refractivity contribution in [2.75, 3.05) is 6.61 Å². The Labute approximate surface area is 129 Å². The van der Waals surface area contributed by atoms with E-state index in [1.807, 2.05) is 0 Å². The minimum absolute atomic E-state index is 0.0126. The summed E-state index contributed by atoms with van der Waals surface area (Å²) in [5.41, 5.74) is 11.2. The third-order valence-corrected chi connectivity index (χ3v) is 5.63. The van der Waals surface area contributed by atoms with Crippen molar-refractivity contribution in [3.63, 3.8) is 0 Å². The van der Waals surface area contributed by atoms with Crippen molar-refractivity contribution in [1.82, 2.24) is 0 Å². The number of hydrogen-bond acceptors (Lipinski definition) is 2. The molecule has 1 aromatic rings. The highest BCUT2D eigenvalue weighted by Gasteiger charge is 2.37. The van der Waals surface area contributed by atoms with Gasteiger partial charge in [-0.25, -0.2) is 0 Å². The third kappa shape index (κ3) is 2.64. The monoisotopic (exact) mass is 287 g/mol. The van der Waals surface area contributed by atoms with Crippen molar-refractivity contribution in [3.05, 3.63) is 34.9 Å². The lowest BCUT2D eigenvalue weighted by Gasteiger charge is -2.42. The average molecular weight is 287 g/mol. The highest BCUT2D eigenvalue weighted by molar-refractivity contribution is 5.44. The molecular formula is C19H29NO. The molecule has 116 valence electrons. The van der Waals surface area contributed by atoms with Crippen LogP contribution in [-0.2, 0) is 15.6 Å². The van der Waals surface area contributed by atoms with Gasteiger partial charge in [-0.1, -0.05) is 45.9 Å². The number of benzene rings is 1. The normalized spacial score (nSPS) is 28.1. The maximum atomic E-state index is 6.46. The summed E-state index contributed by atoms with van der Waals surface area (Å²) in [5, 5.41) is 0. The van der Waals surface area contributed by atoms with Gasteiger partial charge < -0.3 is 10.5 Å².